The number of hydrogen-bond acceptors (Lipinski definition) is 4. The van der Waals surface area contributed by atoms with Crippen LogP contribution in [-0.4, -0.2) is 51.8 Å². The van der Waals surface area contributed by atoms with Gasteiger partial charge in [-0.25, -0.2) is 9.67 Å². The number of benzene rings is 1. The Morgan fingerprint density at radius 3 is 2.86 bits per heavy atom. The molecule has 2 heterocycles. The number of rotatable bonds is 3. The molecule has 0 bridgehead atoms. The van der Waals surface area contributed by atoms with Gasteiger partial charge in [-0.05, 0) is 43.7 Å². The first-order valence-corrected chi connectivity index (χ1v) is 7.10. The molecular weight excluding hydrogens is 302 g/mol. The molecule has 1 aliphatic rings. The van der Waals surface area contributed by atoms with Crippen molar-refractivity contribution in [3.8, 4) is 5.69 Å². The van der Waals surface area contributed by atoms with E-state index in [0.717, 1.165) is 30.8 Å². The molecule has 1 unspecified atom stereocenters. The van der Waals surface area contributed by atoms with Gasteiger partial charge in [0.2, 0.25) is 0 Å². The molecule has 0 aliphatic carbocycles. The molecule has 1 aromatic heterocycles. The molecule has 0 spiro atoms. The number of hydrogen-bond donors (Lipinski definition) is 1. The maximum Gasteiger partial charge on any atom is 0.253 e. The van der Waals surface area contributed by atoms with Gasteiger partial charge >= 0.3 is 0 Å². The molecule has 1 aliphatic heterocycles. The normalized spacial score (nSPS) is 17.1. The van der Waals surface area contributed by atoms with Crippen molar-refractivity contribution in [1.82, 2.24) is 25.0 Å². The van der Waals surface area contributed by atoms with Crippen molar-refractivity contribution in [2.75, 3.05) is 20.1 Å². The van der Waals surface area contributed by atoms with Gasteiger partial charge in [0.15, 0.2) is 0 Å². The van der Waals surface area contributed by atoms with Crippen LogP contribution in [0, 0.1) is 6.92 Å². The van der Waals surface area contributed by atoms with Gasteiger partial charge in [0, 0.05) is 25.2 Å². The molecule has 118 valence electrons. The van der Waals surface area contributed by atoms with E-state index >= 15 is 0 Å². The molecule has 1 aromatic carbocycles. The summed E-state index contributed by atoms with van der Waals surface area (Å²) in [6.07, 6.45) is 4.16. The van der Waals surface area contributed by atoms with Crippen LogP contribution >= 0.6 is 12.4 Å². The number of halogens is 1. The SMILES string of the molecule is Cc1cc(C(=O)N(C)C2CCNC2)ccc1-n1cncn1.Cl. The van der Waals surface area contributed by atoms with E-state index in [1.54, 1.807) is 11.0 Å². The highest BCUT2D eigenvalue weighted by molar-refractivity contribution is 5.94. The summed E-state index contributed by atoms with van der Waals surface area (Å²) in [5, 5.41) is 7.41. The Morgan fingerprint density at radius 2 is 2.27 bits per heavy atom. The van der Waals surface area contributed by atoms with Crippen molar-refractivity contribution >= 4 is 18.3 Å². The van der Waals surface area contributed by atoms with Gasteiger partial charge in [0.1, 0.15) is 12.7 Å². The Labute approximate surface area is 135 Å². The van der Waals surface area contributed by atoms with E-state index in [4.69, 9.17) is 0 Å². The fourth-order valence-electron chi connectivity index (χ4n) is 2.72. The van der Waals surface area contributed by atoms with Gasteiger partial charge in [-0.3, -0.25) is 4.79 Å². The third kappa shape index (κ3) is 3.13. The second kappa shape index (κ2) is 6.89. The zero-order chi connectivity index (χ0) is 14.8. The van der Waals surface area contributed by atoms with Crippen LogP contribution in [0.1, 0.15) is 22.3 Å². The van der Waals surface area contributed by atoms with Gasteiger partial charge in [-0.2, -0.15) is 5.10 Å². The number of likely N-dealkylation sites (N-methyl/N-ethyl adjacent to an activating group) is 1. The van der Waals surface area contributed by atoms with Crippen molar-refractivity contribution in [2.24, 2.45) is 0 Å². The molecule has 1 fully saturated rings. The smallest absolute Gasteiger partial charge is 0.253 e. The molecule has 0 radical (unpaired) electrons. The van der Waals surface area contributed by atoms with Crippen molar-refractivity contribution in [3.63, 3.8) is 0 Å². The highest BCUT2D eigenvalue weighted by Crippen LogP contribution is 2.17. The largest absolute Gasteiger partial charge is 0.337 e. The quantitative estimate of drug-likeness (QED) is 0.929. The zero-order valence-corrected chi connectivity index (χ0v) is 13.5. The standard InChI is InChI=1S/C15H19N5O.ClH/c1-11-7-12(3-4-14(11)20-10-17-9-18-20)15(21)19(2)13-5-6-16-8-13;/h3-4,7,9-10,13,16H,5-6,8H2,1-2H3;1H. The molecule has 1 saturated heterocycles. The van der Waals surface area contributed by atoms with Crippen LogP contribution in [0.5, 0.6) is 0 Å². The van der Waals surface area contributed by atoms with Crippen LogP contribution in [-0.2, 0) is 0 Å². The fraction of sp³-hybridized carbons (Fsp3) is 0.400. The lowest BCUT2D eigenvalue weighted by molar-refractivity contribution is 0.0743. The summed E-state index contributed by atoms with van der Waals surface area (Å²) >= 11 is 0. The number of nitrogens with zero attached hydrogens (tertiary/aromatic N) is 4. The van der Waals surface area contributed by atoms with E-state index < -0.39 is 0 Å². The Bertz CT molecular complexity index is 637. The van der Waals surface area contributed by atoms with Crippen molar-refractivity contribution in [3.05, 3.63) is 42.0 Å². The highest BCUT2D eigenvalue weighted by atomic mass is 35.5. The lowest BCUT2D eigenvalue weighted by atomic mass is 10.1. The summed E-state index contributed by atoms with van der Waals surface area (Å²) in [6.45, 7) is 3.83. The van der Waals surface area contributed by atoms with E-state index in [2.05, 4.69) is 15.4 Å². The second-order valence-corrected chi connectivity index (χ2v) is 5.40. The van der Waals surface area contributed by atoms with Gasteiger partial charge < -0.3 is 10.2 Å². The number of aromatic nitrogens is 3. The van der Waals surface area contributed by atoms with E-state index in [0.29, 0.717) is 5.56 Å². The van der Waals surface area contributed by atoms with Gasteiger partial charge in [-0.15, -0.1) is 12.4 Å². The van der Waals surface area contributed by atoms with Gasteiger partial charge in [0.05, 0.1) is 5.69 Å². The lowest BCUT2D eigenvalue weighted by Gasteiger charge is -2.24. The summed E-state index contributed by atoms with van der Waals surface area (Å²) in [6, 6.07) is 5.97. The Morgan fingerprint density at radius 1 is 1.45 bits per heavy atom. The fourth-order valence-corrected chi connectivity index (χ4v) is 2.72. The minimum atomic E-state index is 0. The van der Waals surface area contributed by atoms with E-state index in [1.807, 2.05) is 37.1 Å². The van der Waals surface area contributed by atoms with E-state index in [9.17, 15) is 4.79 Å². The van der Waals surface area contributed by atoms with Crippen LogP contribution < -0.4 is 5.32 Å². The highest BCUT2D eigenvalue weighted by Gasteiger charge is 2.24. The topological polar surface area (TPSA) is 63.1 Å². The van der Waals surface area contributed by atoms with E-state index in [-0.39, 0.29) is 24.4 Å². The molecule has 2 aromatic rings. The summed E-state index contributed by atoms with van der Waals surface area (Å²) < 4.78 is 1.70. The van der Waals surface area contributed by atoms with Crippen molar-refractivity contribution < 1.29 is 4.79 Å². The van der Waals surface area contributed by atoms with Crippen LogP contribution in [0.15, 0.2) is 30.9 Å². The molecule has 1 atom stereocenters. The van der Waals surface area contributed by atoms with Gasteiger partial charge in [-0.1, -0.05) is 0 Å². The summed E-state index contributed by atoms with van der Waals surface area (Å²) in [7, 11) is 1.88. The Balaban J connectivity index is 0.00000176. The van der Waals surface area contributed by atoms with E-state index in [1.165, 1.54) is 6.33 Å². The third-order valence-electron chi connectivity index (χ3n) is 4.01. The summed E-state index contributed by atoms with van der Waals surface area (Å²) in [4.78, 5) is 18.3. The predicted molar refractivity (Wildman–Crippen MR) is 86.7 cm³/mol. The van der Waals surface area contributed by atoms with Crippen LogP contribution in [0.3, 0.4) is 0 Å². The second-order valence-electron chi connectivity index (χ2n) is 5.40. The first kappa shape index (κ1) is 16.5. The Hall–Kier alpha value is -1.92. The maximum absolute atomic E-state index is 12.5. The Kier molecular flexibility index (Phi) is 5.15. The number of carbonyl (C=O) groups excluding carboxylic acids is 1. The molecule has 1 amide bonds. The number of amides is 1. The molecule has 7 heteroatoms. The van der Waals surface area contributed by atoms with Gasteiger partial charge in [0.25, 0.3) is 5.91 Å². The predicted octanol–water partition coefficient (Wildman–Crippen LogP) is 1.43. The number of carbonyl (C=O) groups is 1. The van der Waals surface area contributed by atoms with Crippen molar-refractivity contribution in [2.45, 2.75) is 19.4 Å². The molecule has 1 N–H and O–H groups in total. The zero-order valence-electron chi connectivity index (χ0n) is 12.7. The average molecular weight is 322 g/mol. The number of aryl methyl sites for hydroxylation is 1. The first-order chi connectivity index (χ1) is 10.2. The minimum Gasteiger partial charge on any atom is -0.337 e. The average Bonchev–Trinajstić information content (AvgIpc) is 3.18. The summed E-state index contributed by atoms with van der Waals surface area (Å²) in [5.74, 6) is 0.0666. The molecular formula is C15H20ClN5O. The van der Waals surface area contributed by atoms with Crippen LogP contribution in [0.4, 0.5) is 0 Å². The van der Waals surface area contributed by atoms with Crippen molar-refractivity contribution in [1.29, 1.82) is 0 Å². The number of nitrogens with one attached hydrogen (secondary N) is 1. The lowest BCUT2D eigenvalue weighted by Crippen LogP contribution is -2.38. The monoisotopic (exact) mass is 321 g/mol. The van der Waals surface area contributed by atoms with Crippen LogP contribution in [0.2, 0.25) is 0 Å². The molecule has 22 heavy (non-hydrogen) atoms. The molecule has 0 saturated carbocycles. The van der Waals surface area contributed by atoms with Crippen LogP contribution in [0.25, 0.3) is 5.69 Å². The first-order valence-electron chi connectivity index (χ1n) is 7.10. The molecule has 3 rings (SSSR count). The summed E-state index contributed by atoms with van der Waals surface area (Å²) in [5.41, 5.74) is 2.66. The maximum atomic E-state index is 12.5. The third-order valence-corrected chi connectivity index (χ3v) is 4.01. The molecule has 6 nitrogen and oxygen atoms in total. The minimum absolute atomic E-state index is 0.